The van der Waals surface area contributed by atoms with E-state index in [1.54, 1.807) is 24.3 Å². The van der Waals surface area contributed by atoms with E-state index in [1.165, 1.54) is 12.1 Å². The Morgan fingerprint density at radius 2 is 1.95 bits per heavy atom. The normalized spacial score (nSPS) is 10.3. The molecule has 0 radical (unpaired) electrons. The van der Waals surface area contributed by atoms with E-state index in [9.17, 15) is 4.79 Å². The van der Waals surface area contributed by atoms with Gasteiger partial charge in [-0.2, -0.15) is 0 Å². The van der Waals surface area contributed by atoms with Crippen LogP contribution < -0.4 is 4.74 Å². The quantitative estimate of drug-likeness (QED) is 0.863. The summed E-state index contributed by atoms with van der Waals surface area (Å²) in [6.07, 6.45) is 0. The van der Waals surface area contributed by atoms with Crippen LogP contribution in [-0.4, -0.2) is 11.1 Å². The van der Waals surface area contributed by atoms with Crippen LogP contribution in [0.15, 0.2) is 40.9 Å². The average molecular weight is 342 g/mol. The van der Waals surface area contributed by atoms with Gasteiger partial charge in [0.15, 0.2) is 0 Å². The van der Waals surface area contributed by atoms with Crippen LogP contribution in [0.5, 0.6) is 11.5 Å². The summed E-state index contributed by atoms with van der Waals surface area (Å²) in [5.41, 5.74) is 1.01. The number of hydrogen-bond donors (Lipinski definition) is 1. The van der Waals surface area contributed by atoms with Crippen LogP contribution in [0.2, 0.25) is 5.02 Å². The van der Waals surface area contributed by atoms with Gasteiger partial charge in [0, 0.05) is 4.47 Å². The monoisotopic (exact) mass is 340 g/mol. The van der Waals surface area contributed by atoms with Gasteiger partial charge in [-0.3, -0.25) is 0 Å². The van der Waals surface area contributed by atoms with E-state index < -0.39 is 5.97 Å². The Hall–Kier alpha value is -1.52. The van der Waals surface area contributed by atoms with Gasteiger partial charge < -0.3 is 9.84 Å². The van der Waals surface area contributed by atoms with Crippen molar-refractivity contribution in [2.24, 2.45) is 0 Å². The molecule has 3 nitrogen and oxygen atoms in total. The zero-order chi connectivity index (χ0) is 14.0. The third-order valence-electron chi connectivity index (χ3n) is 2.55. The Kier molecular flexibility index (Phi) is 4.12. The first-order chi connectivity index (χ1) is 8.97. The number of rotatable bonds is 3. The van der Waals surface area contributed by atoms with Crippen LogP contribution in [-0.2, 0) is 0 Å². The molecule has 0 aromatic heterocycles. The van der Waals surface area contributed by atoms with Gasteiger partial charge in [0.05, 0.1) is 10.6 Å². The van der Waals surface area contributed by atoms with E-state index in [0.717, 1.165) is 10.0 Å². The molecule has 0 spiro atoms. The maximum Gasteiger partial charge on any atom is 0.335 e. The standard InChI is InChI=1S/C14H10BrClO3/c1-8-2-3-9(14(17)18)6-12(8)19-13-7-10(15)4-5-11(13)16/h2-7H,1H3,(H,17,18). The van der Waals surface area contributed by atoms with Crippen molar-refractivity contribution in [1.29, 1.82) is 0 Å². The second-order valence-electron chi connectivity index (χ2n) is 3.96. The predicted molar refractivity (Wildman–Crippen MR) is 77.4 cm³/mol. The number of aromatic carboxylic acids is 1. The molecule has 98 valence electrons. The number of carboxylic acid groups (broad SMARTS) is 1. The fourth-order valence-corrected chi connectivity index (χ4v) is 2.01. The molecule has 2 aromatic carbocycles. The largest absolute Gasteiger partial charge is 0.478 e. The number of halogens is 2. The molecule has 1 N–H and O–H groups in total. The fraction of sp³-hybridized carbons (Fsp3) is 0.0714. The van der Waals surface area contributed by atoms with Gasteiger partial charge in [-0.15, -0.1) is 0 Å². The maximum atomic E-state index is 10.9. The van der Waals surface area contributed by atoms with Crippen molar-refractivity contribution in [3.8, 4) is 11.5 Å². The molecule has 0 saturated carbocycles. The zero-order valence-electron chi connectivity index (χ0n) is 9.98. The minimum atomic E-state index is -0.995. The molecule has 0 fully saturated rings. The molecule has 0 aliphatic carbocycles. The van der Waals surface area contributed by atoms with E-state index in [-0.39, 0.29) is 5.56 Å². The summed E-state index contributed by atoms with van der Waals surface area (Å²) < 4.78 is 6.52. The zero-order valence-corrected chi connectivity index (χ0v) is 12.3. The number of carboxylic acids is 1. The van der Waals surface area contributed by atoms with Crippen LogP contribution in [0, 0.1) is 6.92 Å². The Labute approximate surface area is 123 Å². The lowest BCUT2D eigenvalue weighted by molar-refractivity contribution is 0.0696. The van der Waals surface area contributed by atoms with Gasteiger partial charge >= 0.3 is 5.97 Å². The SMILES string of the molecule is Cc1ccc(C(=O)O)cc1Oc1cc(Br)ccc1Cl. The number of hydrogen-bond acceptors (Lipinski definition) is 2. The highest BCUT2D eigenvalue weighted by Crippen LogP contribution is 2.33. The lowest BCUT2D eigenvalue weighted by Gasteiger charge is -2.11. The minimum Gasteiger partial charge on any atom is -0.478 e. The highest BCUT2D eigenvalue weighted by atomic mass is 79.9. The predicted octanol–water partition coefficient (Wildman–Crippen LogP) is 4.90. The lowest BCUT2D eigenvalue weighted by atomic mass is 10.1. The van der Waals surface area contributed by atoms with Gasteiger partial charge in [0.2, 0.25) is 0 Å². The molecule has 0 heterocycles. The minimum absolute atomic E-state index is 0.173. The molecule has 0 saturated heterocycles. The van der Waals surface area contributed by atoms with Crippen molar-refractivity contribution in [2.75, 3.05) is 0 Å². The first-order valence-corrected chi connectivity index (χ1v) is 6.61. The molecule has 0 amide bonds. The molecule has 0 aliphatic rings. The van der Waals surface area contributed by atoms with Crippen LogP contribution >= 0.6 is 27.5 Å². The van der Waals surface area contributed by atoms with Gasteiger partial charge in [0.1, 0.15) is 11.5 Å². The summed E-state index contributed by atoms with van der Waals surface area (Å²) in [5.74, 6) is -0.0493. The van der Waals surface area contributed by atoms with Crippen molar-refractivity contribution < 1.29 is 14.6 Å². The third-order valence-corrected chi connectivity index (χ3v) is 3.35. The second kappa shape index (κ2) is 5.63. The van der Waals surface area contributed by atoms with Crippen LogP contribution in [0.25, 0.3) is 0 Å². The number of aryl methyl sites for hydroxylation is 1. The number of ether oxygens (including phenoxy) is 1. The molecule has 5 heteroatoms. The molecule has 2 aromatic rings. The molecular formula is C14H10BrClO3. The van der Waals surface area contributed by atoms with E-state index in [1.807, 2.05) is 6.92 Å². The summed E-state index contributed by atoms with van der Waals surface area (Å²) in [7, 11) is 0. The summed E-state index contributed by atoms with van der Waals surface area (Å²) in [6, 6.07) is 9.95. The highest BCUT2D eigenvalue weighted by molar-refractivity contribution is 9.10. The summed E-state index contributed by atoms with van der Waals surface area (Å²) in [4.78, 5) is 10.9. The molecule has 19 heavy (non-hydrogen) atoms. The van der Waals surface area contributed by atoms with Gasteiger partial charge in [-0.1, -0.05) is 33.6 Å². The van der Waals surface area contributed by atoms with E-state index in [4.69, 9.17) is 21.4 Å². The Morgan fingerprint density at radius 3 is 2.63 bits per heavy atom. The third kappa shape index (κ3) is 3.28. The molecule has 0 unspecified atom stereocenters. The first-order valence-electron chi connectivity index (χ1n) is 5.44. The van der Waals surface area contributed by atoms with Crippen LogP contribution in [0.4, 0.5) is 0 Å². The van der Waals surface area contributed by atoms with Crippen LogP contribution in [0.3, 0.4) is 0 Å². The van der Waals surface area contributed by atoms with E-state index in [0.29, 0.717) is 16.5 Å². The van der Waals surface area contributed by atoms with Crippen molar-refractivity contribution in [3.63, 3.8) is 0 Å². The molecule has 0 atom stereocenters. The number of carbonyl (C=O) groups is 1. The Morgan fingerprint density at radius 1 is 1.21 bits per heavy atom. The highest BCUT2D eigenvalue weighted by Gasteiger charge is 2.10. The topological polar surface area (TPSA) is 46.5 Å². The van der Waals surface area contributed by atoms with E-state index in [2.05, 4.69) is 15.9 Å². The Balaban J connectivity index is 2.40. The Bertz CT molecular complexity index is 641. The maximum absolute atomic E-state index is 10.9. The summed E-state index contributed by atoms with van der Waals surface area (Å²) >= 11 is 9.37. The second-order valence-corrected chi connectivity index (χ2v) is 5.29. The molecular weight excluding hydrogens is 332 g/mol. The van der Waals surface area contributed by atoms with Crippen molar-refractivity contribution in [3.05, 3.63) is 57.0 Å². The van der Waals surface area contributed by atoms with Crippen molar-refractivity contribution in [2.45, 2.75) is 6.92 Å². The molecule has 0 aliphatic heterocycles. The van der Waals surface area contributed by atoms with Crippen molar-refractivity contribution >= 4 is 33.5 Å². The van der Waals surface area contributed by atoms with Gasteiger partial charge in [-0.25, -0.2) is 4.79 Å². The van der Waals surface area contributed by atoms with Crippen molar-refractivity contribution in [1.82, 2.24) is 0 Å². The smallest absolute Gasteiger partial charge is 0.335 e. The average Bonchev–Trinajstić information content (AvgIpc) is 2.36. The lowest BCUT2D eigenvalue weighted by Crippen LogP contribution is -1.98. The van der Waals surface area contributed by atoms with Crippen LogP contribution in [0.1, 0.15) is 15.9 Å². The van der Waals surface area contributed by atoms with E-state index >= 15 is 0 Å². The molecule has 2 rings (SSSR count). The summed E-state index contributed by atoms with van der Waals surface area (Å²) in [5, 5.41) is 9.44. The first kappa shape index (κ1) is 13.9. The molecule has 0 bridgehead atoms. The fourth-order valence-electron chi connectivity index (χ4n) is 1.52. The van der Waals surface area contributed by atoms with Gasteiger partial charge in [-0.05, 0) is 42.8 Å². The number of benzene rings is 2. The summed E-state index contributed by atoms with van der Waals surface area (Å²) in [6.45, 7) is 1.84. The van der Waals surface area contributed by atoms with Gasteiger partial charge in [0.25, 0.3) is 0 Å².